The van der Waals surface area contributed by atoms with Gasteiger partial charge >= 0.3 is 6.18 Å². The first kappa shape index (κ1) is 26.0. The lowest BCUT2D eigenvalue weighted by Crippen LogP contribution is -2.52. The second-order valence-electron chi connectivity index (χ2n) is 7.04. The van der Waals surface area contributed by atoms with Crippen LogP contribution in [0.15, 0.2) is 40.0 Å². The Morgan fingerprint density at radius 3 is 2.53 bits per heavy atom. The van der Waals surface area contributed by atoms with E-state index in [2.05, 4.69) is 25.3 Å². The van der Waals surface area contributed by atoms with E-state index < -0.39 is 12.8 Å². The molecule has 1 aromatic carbocycles. The third-order valence-corrected chi connectivity index (χ3v) is 4.83. The number of methoxy groups -OCH3 is 1. The molecule has 1 aromatic heterocycles. The summed E-state index contributed by atoms with van der Waals surface area (Å²) in [6.45, 7) is 3.19. The zero-order chi connectivity index (χ0) is 22.3. The van der Waals surface area contributed by atoms with Crippen LogP contribution in [0.25, 0.3) is 0 Å². The van der Waals surface area contributed by atoms with Crippen LogP contribution in [0.1, 0.15) is 11.3 Å². The monoisotopic (exact) mass is 569 g/mol. The molecule has 178 valence electrons. The number of alkyl halides is 3. The smallest absolute Gasteiger partial charge is 0.422 e. The molecule has 8 nitrogen and oxygen atoms in total. The van der Waals surface area contributed by atoms with Crippen LogP contribution in [-0.4, -0.2) is 74.0 Å². The van der Waals surface area contributed by atoms with Gasteiger partial charge in [-0.05, 0) is 17.7 Å². The van der Waals surface area contributed by atoms with Gasteiger partial charge in [-0.2, -0.15) is 13.2 Å². The van der Waals surface area contributed by atoms with Crippen LogP contribution in [0.3, 0.4) is 0 Å². The van der Waals surface area contributed by atoms with Crippen LogP contribution in [-0.2, 0) is 13.1 Å². The van der Waals surface area contributed by atoms with Crippen LogP contribution >= 0.6 is 24.0 Å². The molecule has 0 bridgehead atoms. The van der Waals surface area contributed by atoms with Crippen molar-refractivity contribution >= 4 is 29.9 Å². The number of piperazine rings is 1. The van der Waals surface area contributed by atoms with Gasteiger partial charge in [0.2, 0.25) is 0 Å². The van der Waals surface area contributed by atoms with Crippen molar-refractivity contribution in [3.8, 4) is 11.5 Å². The van der Waals surface area contributed by atoms with Gasteiger partial charge in [0.05, 0.1) is 12.8 Å². The van der Waals surface area contributed by atoms with Crippen LogP contribution < -0.4 is 14.8 Å². The Bertz CT molecular complexity index is 857. The Kier molecular flexibility index (Phi) is 9.87. The first-order valence-electron chi connectivity index (χ1n) is 9.81. The highest BCUT2D eigenvalue weighted by Gasteiger charge is 2.29. The summed E-state index contributed by atoms with van der Waals surface area (Å²) in [5.41, 5.74) is 1.74. The normalized spacial score (nSPS) is 15.3. The van der Waals surface area contributed by atoms with Gasteiger partial charge in [0, 0.05) is 52.4 Å². The number of hydrogen-bond acceptors (Lipinski definition) is 6. The maximum atomic E-state index is 12.4. The summed E-state index contributed by atoms with van der Waals surface area (Å²) in [5.74, 6) is 1.06. The van der Waals surface area contributed by atoms with Gasteiger partial charge in [0.15, 0.2) is 24.1 Å². The number of hydrogen-bond donors (Lipinski definition) is 1. The number of guanidine groups is 1. The predicted molar refractivity (Wildman–Crippen MR) is 124 cm³/mol. The summed E-state index contributed by atoms with van der Waals surface area (Å²) in [6.07, 6.45) is -2.84. The summed E-state index contributed by atoms with van der Waals surface area (Å²) in [4.78, 5) is 8.81. The van der Waals surface area contributed by atoms with E-state index in [4.69, 9.17) is 14.0 Å². The number of aromatic nitrogens is 1. The average molecular weight is 569 g/mol. The zero-order valence-corrected chi connectivity index (χ0v) is 20.2. The molecule has 1 aliphatic heterocycles. The van der Waals surface area contributed by atoms with Crippen LogP contribution in [0, 0.1) is 0 Å². The first-order chi connectivity index (χ1) is 14.9. The fourth-order valence-corrected chi connectivity index (χ4v) is 3.28. The molecule has 0 spiro atoms. The minimum Gasteiger partial charge on any atom is -0.493 e. The maximum Gasteiger partial charge on any atom is 0.422 e. The third kappa shape index (κ3) is 7.73. The summed E-state index contributed by atoms with van der Waals surface area (Å²) < 4.78 is 52.1. The molecule has 1 aliphatic rings. The van der Waals surface area contributed by atoms with Crippen molar-refractivity contribution in [2.75, 3.05) is 46.9 Å². The van der Waals surface area contributed by atoms with Gasteiger partial charge < -0.3 is 24.2 Å². The van der Waals surface area contributed by atoms with Crippen molar-refractivity contribution in [3.63, 3.8) is 0 Å². The average Bonchev–Trinajstić information content (AvgIpc) is 3.26. The van der Waals surface area contributed by atoms with E-state index in [0.717, 1.165) is 49.9 Å². The van der Waals surface area contributed by atoms with Gasteiger partial charge in [0.1, 0.15) is 6.26 Å². The number of nitrogens with zero attached hydrogens (tertiary/aromatic N) is 4. The molecule has 3 rings (SSSR count). The second kappa shape index (κ2) is 12.1. The molecule has 1 fully saturated rings. The largest absolute Gasteiger partial charge is 0.493 e. The molecule has 12 heteroatoms. The highest BCUT2D eigenvalue weighted by atomic mass is 127. The van der Waals surface area contributed by atoms with E-state index in [-0.39, 0.29) is 35.5 Å². The standard InChI is InChI=1S/C20H26F3N5O3.HI/c1-24-19(28-8-6-27(7-9-28)13-16-5-10-31-26-16)25-12-15-3-4-17(18(11-15)29-2)30-14-20(21,22)23;/h3-5,10-11H,6-9,12-14H2,1-2H3,(H,24,25);1H. The molecule has 32 heavy (non-hydrogen) atoms. The number of aliphatic imine (C=N–C) groups is 1. The molecule has 2 heterocycles. The molecule has 0 atom stereocenters. The quantitative estimate of drug-likeness (QED) is 0.312. The fraction of sp³-hybridized carbons (Fsp3) is 0.500. The zero-order valence-electron chi connectivity index (χ0n) is 17.9. The Hall–Kier alpha value is -2.22. The van der Waals surface area contributed by atoms with Gasteiger partial charge in [-0.15, -0.1) is 24.0 Å². The Morgan fingerprint density at radius 2 is 1.94 bits per heavy atom. The molecule has 0 unspecified atom stereocenters. The molecule has 2 aromatic rings. The van der Waals surface area contributed by atoms with E-state index in [0.29, 0.717) is 6.54 Å². The van der Waals surface area contributed by atoms with Gasteiger partial charge in [-0.25, -0.2) is 0 Å². The van der Waals surface area contributed by atoms with E-state index >= 15 is 0 Å². The number of halogens is 4. The van der Waals surface area contributed by atoms with Crippen molar-refractivity contribution < 1.29 is 27.2 Å². The SMILES string of the molecule is CN=C(NCc1ccc(OCC(F)(F)F)c(OC)c1)N1CCN(Cc2ccon2)CC1.I. The molecule has 0 amide bonds. The van der Waals surface area contributed by atoms with Crippen LogP contribution in [0.2, 0.25) is 0 Å². The van der Waals surface area contributed by atoms with Crippen LogP contribution in [0.5, 0.6) is 11.5 Å². The summed E-state index contributed by atoms with van der Waals surface area (Å²) in [5, 5.41) is 7.24. The number of rotatable bonds is 7. The summed E-state index contributed by atoms with van der Waals surface area (Å²) >= 11 is 0. The van der Waals surface area contributed by atoms with E-state index in [1.165, 1.54) is 13.2 Å². The van der Waals surface area contributed by atoms with Crippen molar-refractivity contribution in [2.45, 2.75) is 19.3 Å². The van der Waals surface area contributed by atoms with E-state index in [1.54, 1.807) is 25.4 Å². The van der Waals surface area contributed by atoms with Gasteiger partial charge in [0.25, 0.3) is 0 Å². The minimum absolute atomic E-state index is 0. The molecular weight excluding hydrogens is 542 g/mol. The molecule has 0 aliphatic carbocycles. The second-order valence-corrected chi connectivity index (χ2v) is 7.04. The topological polar surface area (TPSA) is 75.4 Å². The number of benzene rings is 1. The fourth-order valence-electron chi connectivity index (χ4n) is 3.28. The molecule has 1 N–H and O–H groups in total. The molecule has 1 saturated heterocycles. The summed E-state index contributed by atoms with van der Waals surface area (Å²) in [6, 6.07) is 6.69. The van der Waals surface area contributed by atoms with Crippen LogP contribution in [0.4, 0.5) is 13.2 Å². The lowest BCUT2D eigenvalue weighted by molar-refractivity contribution is -0.153. The van der Waals surface area contributed by atoms with Crippen molar-refractivity contribution in [1.29, 1.82) is 0 Å². The van der Waals surface area contributed by atoms with Crippen molar-refractivity contribution in [1.82, 2.24) is 20.3 Å². The Morgan fingerprint density at radius 1 is 1.19 bits per heavy atom. The number of nitrogens with one attached hydrogen (secondary N) is 1. The number of ether oxygens (including phenoxy) is 2. The van der Waals surface area contributed by atoms with E-state index in [9.17, 15) is 13.2 Å². The lowest BCUT2D eigenvalue weighted by atomic mass is 10.2. The highest BCUT2D eigenvalue weighted by molar-refractivity contribution is 14.0. The maximum absolute atomic E-state index is 12.4. The van der Waals surface area contributed by atoms with Gasteiger partial charge in [-0.1, -0.05) is 11.2 Å². The summed E-state index contributed by atoms with van der Waals surface area (Å²) in [7, 11) is 3.11. The van der Waals surface area contributed by atoms with Crippen molar-refractivity contribution in [3.05, 3.63) is 41.8 Å². The third-order valence-electron chi connectivity index (χ3n) is 4.83. The highest BCUT2D eigenvalue weighted by Crippen LogP contribution is 2.29. The Labute approximate surface area is 201 Å². The van der Waals surface area contributed by atoms with E-state index in [1.807, 2.05) is 6.07 Å². The first-order valence-corrected chi connectivity index (χ1v) is 9.81. The predicted octanol–water partition coefficient (Wildman–Crippen LogP) is 3.14. The Balaban J connectivity index is 0.00000363. The lowest BCUT2D eigenvalue weighted by Gasteiger charge is -2.36. The van der Waals surface area contributed by atoms with Crippen molar-refractivity contribution in [2.24, 2.45) is 4.99 Å². The van der Waals surface area contributed by atoms with Gasteiger partial charge in [-0.3, -0.25) is 9.89 Å². The molecule has 0 radical (unpaired) electrons. The molecular formula is C20H27F3IN5O3. The molecule has 0 saturated carbocycles. The minimum atomic E-state index is -4.41.